The highest BCUT2D eigenvalue weighted by Gasteiger charge is 2.24. The molecule has 16 heavy (non-hydrogen) atoms. The van der Waals surface area contributed by atoms with E-state index in [2.05, 4.69) is 31.8 Å². The van der Waals surface area contributed by atoms with Crippen LogP contribution in [0.3, 0.4) is 0 Å². The second kappa shape index (κ2) is 7.89. The molecule has 1 fully saturated rings. The van der Waals surface area contributed by atoms with Crippen molar-refractivity contribution in [1.82, 2.24) is 5.32 Å². The van der Waals surface area contributed by atoms with Crippen molar-refractivity contribution < 1.29 is 0 Å². The van der Waals surface area contributed by atoms with Crippen LogP contribution in [0, 0.1) is 11.8 Å². The van der Waals surface area contributed by atoms with Crippen molar-refractivity contribution in [2.75, 3.05) is 6.54 Å². The Labute approximate surface area is 102 Å². The molecule has 94 valence electrons. The summed E-state index contributed by atoms with van der Waals surface area (Å²) >= 11 is 0. The quantitative estimate of drug-likeness (QED) is 0.639. The number of nitrogens with one attached hydrogen (secondary N) is 1. The van der Waals surface area contributed by atoms with Crippen LogP contribution in [0.1, 0.15) is 58.8 Å². The summed E-state index contributed by atoms with van der Waals surface area (Å²) in [4.78, 5) is 0. The summed E-state index contributed by atoms with van der Waals surface area (Å²) < 4.78 is 0. The van der Waals surface area contributed by atoms with Gasteiger partial charge in [-0.15, -0.1) is 6.58 Å². The highest BCUT2D eigenvalue weighted by molar-refractivity contribution is 4.83. The molecular weight excluding hydrogens is 194 g/mol. The monoisotopic (exact) mass is 223 g/mol. The molecule has 1 unspecified atom stereocenters. The van der Waals surface area contributed by atoms with Gasteiger partial charge in [0.25, 0.3) is 0 Å². The van der Waals surface area contributed by atoms with Crippen LogP contribution in [0.4, 0.5) is 0 Å². The third-order valence-electron chi connectivity index (χ3n) is 3.97. The Kier molecular flexibility index (Phi) is 6.79. The van der Waals surface area contributed by atoms with Crippen LogP contribution in [-0.2, 0) is 0 Å². The molecule has 0 aromatic heterocycles. The molecule has 1 aliphatic carbocycles. The van der Waals surface area contributed by atoms with Crippen LogP contribution in [0.25, 0.3) is 0 Å². The van der Waals surface area contributed by atoms with Crippen molar-refractivity contribution in [3.8, 4) is 0 Å². The van der Waals surface area contributed by atoms with Gasteiger partial charge in [-0.3, -0.25) is 0 Å². The van der Waals surface area contributed by atoms with E-state index < -0.39 is 0 Å². The first-order valence-electron chi connectivity index (χ1n) is 7.12. The third kappa shape index (κ3) is 4.69. The van der Waals surface area contributed by atoms with Gasteiger partial charge in [-0.25, -0.2) is 0 Å². The van der Waals surface area contributed by atoms with E-state index in [-0.39, 0.29) is 0 Å². The fraction of sp³-hybridized carbons (Fsp3) is 0.867. The minimum Gasteiger partial charge on any atom is -0.314 e. The molecule has 1 atom stereocenters. The smallest absolute Gasteiger partial charge is 0.00982 e. The summed E-state index contributed by atoms with van der Waals surface area (Å²) in [5.41, 5.74) is 0. The van der Waals surface area contributed by atoms with Gasteiger partial charge in [-0.2, -0.15) is 0 Å². The van der Waals surface area contributed by atoms with E-state index in [9.17, 15) is 0 Å². The third-order valence-corrected chi connectivity index (χ3v) is 3.97. The largest absolute Gasteiger partial charge is 0.314 e. The molecule has 1 heteroatoms. The van der Waals surface area contributed by atoms with Gasteiger partial charge in [0.15, 0.2) is 0 Å². The maximum atomic E-state index is 3.84. The lowest BCUT2D eigenvalue weighted by molar-refractivity contribution is 0.223. The summed E-state index contributed by atoms with van der Waals surface area (Å²) in [6.45, 7) is 9.66. The van der Waals surface area contributed by atoms with Crippen molar-refractivity contribution in [3.63, 3.8) is 0 Å². The Bertz CT molecular complexity index is 180. The van der Waals surface area contributed by atoms with Gasteiger partial charge in [0.05, 0.1) is 0 Å². The molecule has 1 nitrogen and oxygen atoms in total. The van der Waals surface area contributed by atoms with E-state index in [0.717, 1.165) is 24.3 Å². The predicted molar refractivity (Wildman–Crippen MR) is 72.6 cm³/mol. The zero-order valence-corrected chi connectivity index (χ0v) is 11.2. The number of hydrogen-bond donors (Lipinski definition) is 1. The van der Waals surface area contributed by atoms with Gasteiger partial charge >= 0.3 is 0 Å². The average Bonchev–Trinajstić information content (AvgIpc) is 2.31. The summed E-state index contributed by atoms with van der Waals surface area (Å²) in [7, 11) is 0. The first-order chi connectivity index (χ1) is 7.77. The fourth-order valence-electron chi connectivity index (χ4n) is 2.82. The molecule has 1 saturated carbocycles. The van der Waals surface area contributed by atoms with Crippen LogP contribution < -0.4 is 5.32 Å². The molecule has 0 spiro atoms. The minimum absolute atomic E-state index is 0.741. The number of hydrogen-bond acceptors (Lipinski definition) is 1. The highest BCUT2D eigenvalue weighted by Crippen LogP contribution is 2.31. The van der Waals surface area contributed by atoms with E-state index in [0.29, 0.717) is 0 Å². The second-order valence-electron chi connectivity index (χ2n) is 5.45. The highest BCUT2D eigenvalue weighted by atomic mass is 14.9. The van der Waals surface area contributed by atoms with Crippen LogP contribution >= 0.6 is 0 Å². The fourth-order valence-corrected chi connectivity index (χ4v) is 2.82. The molecule has 0 bridgehead atoms. The van der Waals surface area contributed by atoms with Crippen LogP contribution in [-0.4, -0.2) is 12.6 Å². The van der Waals surface area contributed by atoms with Crippen molar-refractivity contribution >= 4 is 0 Å². The molecule has 1 aliphatic rings. The maximum Gasteiger partial charge on any atom is 0.00982 e. The Morgan fingerprint density at radius 2 is 2.00 bits per heavy atom. The van der Waals surface area contributed by atoms with Gasteiger partial charge in [0.2, 0.25) is 0 Å². The van der Waals surface area contributed by atoms with Crippen molar-refractivity contribution in [2.24, 2.45) is 11.8 Å². The van der Waals surface area contributed by atoms with Crippen LogP contribution in [0.15, 0.2) is 12.7 Å². The summed E-state index contributed by atoms with van der Waals surface area (Å²) in [6, 6.07) is 0.741. The molecule has 0 radical (unpaired) electrons. The van der Waals surface area contributed by atoms with Crippen molar-refractivity contribution in [2.45, 2.75) is 64.8 Å². The Balaban J connectivity index is 2.37. The molecule has 0 amide bonds. The van der Waals surface area contributed by atoms with Crippen molar-refractivity contribution in [3.05, 3.63) is 12.7 Å². The number of rotatable bonds is 7. The lowest BCUT2D eigenvalue weighted by atomic mass is 9.78. The molecule has 1 rings (SSSR count). The van der Waals surface area contributed by atoms with Crippen LogP contribution in [0.2, 0.25) is 0 Å². The second-order valence-corrected chi connectivity index (χ2v) is 5.45. The maximum absolute atomic E-state index is 3.84. The summed E-state index contributed by atoms with van der Waals surface area (Å²) in [6.07, 6.45) is 11.5. The normalized spacial score (nSPS) is 27.6. The molecular formula is C15H29N. The average molecular weight is 223 g/mol. The van der Waals surface area contributed by atoms with Gasteiger partial charge in [-0.1, -0.05) is 32.8 Å². The molecule has 1 N–H and O–H groups in total. The standard InChI is InChI=1S/C15H29N/c1-4-6-7-15(16-12-5-2)14-10-8-13(3)9-11-14/h4,13-16H,1,5-12H2,2-3H3. The van der Waals surface area contributed by atoms with Crippen LogP contribution in [0.5, 0.6) is 0 Å². The SMILES string of the molecule is C=CCCC(NCCC)C1CCC(C)CC1. The zero-order valence-electron chi connectivity index (χ0n) is 11.2. The van der Waals surface area contributed by atoms with Gasteiger partial charge in [-0.05, 0) is 50.5 Å². The van der Waals surface area contributed by atoms with E-state index in [1.165, 1.54) is 45.1 Å². The Morgan fingerprint density at radius 3 is 2.56 bits per heavy atom. The van der Waals surface area contributed by atoms with Gasteiger partial charge < -0.3 is 5.32 Å². The van der Waals surface area contributed by atoms with E-state index in [1.54, 1.807) is 0 Å². The molecule has 0 aromatic rings. The minimum atomic E-state index is 0.741. The Hall–Kier alpha value is -0.300. The molecule has 0 saturated heterocycles. The first kappa shape index (κ1) is 13.8. The lowest BCUT2D eigenvalue weighted by Gasteiger charge is -2.33. The Morgan fingerprint density at radius 1 is 1.31 bits per heavy atom. The van der Waals surface area contributed by atoms with Gasteiger partial charge in [0, 0.05) is 6.04 Å². The topological polar surface area (TPSA) is 12.0 Å². The van der Waals surface area contributed by atoms with E-state index >= 15 is 0 Å². The first-order valence-corrected chi connectivity index (χ1v) is 7.12. The predicted octanol–water partition coefficient (Wildman–Crippen LogP) is 4.15. The molecule has 0 heterocycles. The molecule has 0 aliphatic heterocycles. The lowest BCUT2D eigenvalue weighted by Crippen LogP contribution is -2.38. The molecule has 0 aromatic carbocycles. The number of allylic oxidation sites excluding steroid dienone is 1. The van der Waals surface area contributed by atoms with Gasteiger partial charge in [0.1, 0.15) is 0 Å². The summed E-state index contributed by atoms with van der Waals surface area (Å²) in [5, 5.41) is 3.74. The van der Waals surface area contributed by atoms with Crippen molar-refractivity contribution in [1.29, 1.82) is 0 Å². The summed E-state index contributed by atoms with van der Waals surface area (Å²) in [5.74, 6) is 1.88. The zero-order chi connectivity index (χ0) is 11.8. The van der Waals surface area contributed by atoms with E-state index in [4.69, 9.17) is 0 Å². The van der Waals surface area contributed by atoms with E-state index in [1.807, 2.05) is 0 Å².